The molecule has 6 heteroatoms. The third-order valence-electron chi connectivity index (χ3n) is 4.44. The van der Waals surface area contributed by atoms with Crippen molar-refractivity contribution in [1.29, 1.82) is 5.26 Å². The second-order valence-electron chi connectivity index (χ2n) is 5.57. The first kappa shape index (κ1) is 15.9. The molecule has 2 rings (SSSR count). The highest BCUT2D eigenvalue weighted by Gasteiger charge is 2.32. The van der Waals surface area contributed by atoms with Crippen molar-refractivity contribution in [3.8, 4) is 6.07 Å². The molecule has 1 saturated carbocycles. The van der Waals surface area contributed by atoms with Gasteiger partial charge in [0.25, 0.3) is 0 Å². The van der Waals surface area contributed by atoms with Gasteiger partial charge in [0, 0.05) is 19.3 Å². The number of nitriles is 1. The van der Waals surface area contributed by atoms with Crippen LogP contribution in [0.3, 0.4) is 0 Å². The first-order valence-electron chi connectivity index (χ1n) is 7.33. The standard InChI is InChI=1S/C15H21N3O2S/c1-3-12-6-8-13(9-7-12)18(2)21(19,20)15-5-4-10-17-14(15)11-16/h4-5,10,12-13H,3,6-9H2,1-2H3. The topological polar surface area (TPSA) is 74.1 Å². The first-order chi connectivity index (χ1) is 10.0. The van der Waals surface area contributed by atoms with E-state index in [9.17, 15) is 8.42 Å². The summed E-state index contributed by atoms with van der Waals surface area (Å²) in [5.74, 6) is 0.713. The van der Waals surface area contributed by atoms with Gasteiger partial charge in [-0.25, -0.2) is 13.4 Å². The lowest BCUT2D eigenvalue weighted by atomic mass is 9.85. The minimum Gasteiger partial charge on any atom is -0.244 e. The van der Waals surface area contributed by atoms with Crippen molar-refractivity contribution in [2.24, 2.45) is 5.92 Å². The second-order valence-corrected chi connectivity index (χ2v) is 7.53. The van der Waals surface area contributed by atoms with Crippen molar-refractivity contribution in [3.63, 3.8) is 0 Å². The van der Waals surface area contributed by atoms with Gasteiger partial charge in [-0.3, -0.25) is 0 Å². The molecule has 114 valence electrons. The van der Waals surface area contributed by atoms with Gasteiger partial charge >= 0.3 is 0 Å². The Bertz CT molecular complexity index is 629. The van der Waals surface area contributed by atoms with Gasteiger partial charge in [-0.15, -0.1) is 0 Å². The predicted octanol–water partition coefficient (Wildman–Crippen LogP) is 2.54. The molecule has 0 amide bonds. The van der Waals surface area contributed by atoms with Gasteiger partial charge in [0.2, 0.25) is 10.0 Å². The molecular formula is C15H21N3O2S. The van der Waals surface area contributed by atoms with Crippen LogP contribution in [0.5, 0.6) is 0 Å². The fourth-order valence-electron chi connectivity index (χ4n) is 2.95. The van der Waals surface area contributed by atoms with E-state index in [1.165, 1.54) is 16.6 Å². The zero-order chi connectivity index (χ0) is 15.5. The van der Waals surface area contributed by atoms with Crippen LogP contribution < -0.4 is 0 Å². The molecule has 1 heterocycles. The Morgan fingerprint density at radius 1 is 1.38 bits per heavy atom. The van der Waals surface area contributed by atoms with Crippen LogP contribution in [0.15, 0.2) is 23.2 Å². The van der Waals surface area contributed by atoms with Crippen LogP contribution >= 0.6 is 0 Å². The Hall–Kier alpha value is -1.45. The highest BCUT2D eigenvalue weighted by atomic mass is 32.2. The van der Waals surface area contributed by atoms with E-state index < -0.39 is 10.0 Å². The number of sulfonamides is 1. The highest BCUT2D eigenvalue weighted by Crippen LogP contribution is 2.31. The van der Waals surface area contributed by atoms with Gasteiger partial charge in [-0.1, -0.05) is 13.3 Å². The van der Waals surface area contributed by atoms with Crippen LogP contribution in [-0.4, -0.2) is 30.8 Å². The zero-order valence-corrected chi connectivity index (χ0v) is 13.3. The summed E-state index contributed by atoms with van der Waals surface area (Å²) in [4.78, 5) is 3.86. The molecule has 0 saturated heterocycles. The van der Waals surface area contributed by atoms with Crippen LogP contribution in [0.2, 0.25) is 0 Å². The van der Waals surface area contributed by atoms with Crippen molar-refractivity contribution >= 4 is 10.0 Å². The molecular weight excluding hydrogens is 286 g/mol. The van der Waals surface area contributed by atoms with Gasteiger partial charge in [0.1, 0.15) is 11.0 Å². The lowest BCUT2D eigenvalue weighted by Crippen LogP contribution is -2.39. The SMILES string of the molecule is CCC1CCC(N(C)S(=O)(=O)c2cccnc2C#N)CC1. The van der Waals surface area contributed by atoms with Crippen molar-refractivity contribution in [3.05, 3.63) is 24.0 Å². The van der Waals surface area contributed by atoms with E-state index in [1.807, 2.05) is 6.07 Å². The highest BCUT2D eigenvalue weighted by molar-refractivity contribution is 7.89. The van der Waals surface area contributed by atoms with Gasteiger partial charge in [-0.05, 0) is 43.7 Å². The van der Waals surface area contributed by atoms with Crippen molar-refractivity contribution in [2.75, 3.05) is 7.05 Å². The maximum Gasteiger partial charge on any atom is 0.245 e. The van der Waals surface area contributed by atoms with Gasteiger partial charge in [0.15, 0.2) is 5.69 Å². The van der Waals surface area contributed by atoms with Crippen molar-refractivity contribution < 1.29 is 8.42 Å². The third-order valence-corrected chi connectivity index (χ3v) is 6.38. The average molecular weight is 307 g/mol. The molecule has 0 aliphatic heterocycles. The Morgan fingerprint density at radius 3 is 2.62 bits per heavy atom. The number of aromatic nitrogens is 1. The van der Waals surface area contributed by atoms with E-state index in [0.29, 0.717) is 5.92 Å². The summed E-state index contributed by atoms with van der Waals surface area (Å²) in [6, 6.07) is 4.88. The predicted molar refractivity (Wildman–Crippen MR) is 79.9 cm³/mol. The molecule has 1 fully saturated rings. The Balaban J connectivity index is 2.22. The number of hydrogen-bond donors (Lipinski definition) is 0. The van der Waals surface area contributed by atoms with E-state index in [-0.39, 0.29) is 16.6 Å². The van der Waals surface area contributed by atoms with E-state index in [0.717, 1.165) is 32.1 Å². The van der Waals surface area contributed by atoms with E-state index in [2.05, 4.69) is 11.9 Å². The Kier molecular flexibility index (Phi) is 4.96. The lowest BCUT2D eigenvalue weighted by Gasteiger charge is -2.33. The molecule has 0 aromatic carbocycles. The van der Waals surface area contributed by atoms with Crippen LogP contribution in [0.4, 0.5) is 0 Å². The molecule has 1 aliphatic carbocycles. The molecule has 1 aromatic heterocycles. The minimum absolute atomic E-state index is 0.00705. The van der Waals surface area contributed by atoms with Crippen LogP contribution in [0, 0.1) is 17.2 Å². The summed E-state index contributed by atoms with van der Waals surface area (Å²) < 4.78 is 26.8. The van der Waals surface area contributed by atoms with E-state index in [4.69, 9.17) is 5.26 Å². The molecule has 21 heavy (non-hydrogen) atoms. The molecule has 1 aliphatic rings. The monoisotopic (exact) mass is 307 g/mol. The molecule has 0 bridgehead atoms. The maximum atomic E-state index is 12.7. The summed E-state index contributed by atoms with van der Waals surface area (Å²) in [6.45, 7) is 2.18. The summed E-state index contributed by atoms with van der Waals surface area (Å²) in [5, 5.41) is 9.05. The number of nitrogens with zero attached hydrogens (tertiary/aromatic N) is 3. The minimum atomic E-state index is -3.66. The number of hydrogen-bond acceptors (Lipinski definition) is 4. The Labute approximate surface area is 126 Å². The molecule has 5 nitrogen and oxygen atoms in total. The zero-order valence-electron chi connectivity index (χ0n) is 12.5. The summed E-state index contributed by atoms with van der Waals surface area (Å²) in [7, 11) is -2.05. The molecule has 0 N–H and O–H groups in total. The largest absolute Gasteiger partial charge is 0.245 e. The average Bonchev–Trinajstić information content (AvgIpc) is 2.54. The number of pyridine rings is 1. The lowest BCUT2D eigenvalue weighted by molar-refractivity contribution is 0.233. The maximum absolute atomic E-state index is 12.7. The summed E-state index contributed by atoms with van der Waals surface area (Å²) in [5.41, 5.74) is -0.0356. The van der Waals surface area contributed by atoms with Crippen LogP contribution in [0.1, 0.15) is 44.7 Å². The molecule has 0 atom stereocenters. The molecule has 0 radical (unpaired) electrons. The number of rotatable bonds is 4. The second kappa shape index (κ2) is 6.54. The fourth-order valence-corrected chi connectivity index (χ4v) is 4.46. The van der Waals surface area contributed by atoms with Crippen LogP contribution in [-0.2, 0) is 10.0 Å². The van der Waals surface area contributed by atoms with Gasteiger partial charge < -0.3 is 0 Å². The third kappa shape index (κ3) is 3.25. The van der Waals surface area contributed by atoms with Gasteiger partial charge in [-0.2, -0.15) is 9.57 Å². The fraction of sp³-hybridized carbons (Fsp3) is 0.600. The molecule has 1 aromatic rings. The molecule has 0 unspecified atom stereocenters. The smallest absolute Gasteiger partial charge is 0.244 e. The normalized spacial score (nSPS) is 23.0. The molecule has 0 spiro atoms. The summed E-state index contributed by atoms with van der Waals surface area (Å²) >= 11 is 0. The van der Waals surface area contributed by atoms with E-state index >= 15 is 0 Å². The van der Waals surface area contributed by atoms with Crippen molar-refractivity contribution in [1.82, 2.24) is 9.29 Å². The Morgan fingerprint density at radius 2 is 2.05 bits per heavy atom. The summed E-state index contributed by atoms with van der Waals surface area (Å²) in [6.07, 6.45) is 6.50. The first-order valence-corrected chi connectivity index (χ1v) is 8.77. The van der Waals surface area contributed by atoms with E-state index in [1.54, 1.807) is 13.1 Å². The van der Waals surface area contributed by atoms with Gasteiger partial charge in [0.05, 0.1) is 0 Å². The van der Waals surface area contributed by atoms with Crippen molar-refractivity contribution in [2.45, 2.75) is 50.0 Å². The van der Waals surface area contributed by atoms with Crippen LogP contribution in [0.25, 0.3) is 0 Å². The quantitative estimate of drug-likeness (QED) is 0.856.